The lowest BCUT2D eigenvalue weighted by atomic mass is 9.32. The summed E-state index contributed by atoms with van der Waals surface area (Å²) >= 11 is 0. The van der Waals surface area contributed by atoms with Gasteiger partial charge in [0.05, 0.1) is 30.8 Å². The van der Waals surface area contributed by atoms with Crippen LogP contribution < -0.4 is 9.64 Å². The summed E-state index contributed by atoms with van der Waals surface area (Å²) < 4.78 is 11.3. The highest BCUT2D eigenvalue weighted by Gasteiger charge is 2.74. The molecule has 9 rings (SSSR count). The van der Waals surface area contributed by atoms with Crippen LogP contribution in [0.25, 0.3) is 0 Å². The number of benzene rings is 1. The maximum atomic E-state index is 14.4. The van der Waals surface area contributed by atoms with Gasteiger partial charge in [-0.25, -0.2) is 0 Å². The molecule has 2 N–H and O–H groups in total. The van der Waals surface area contributed by atoms with E-state index in [0.29, 0.717) is 18.7 Å². The van der Waals surface area contributed by atoms with Crippen molar-refractivity contribution < 1.29 is 24.2 Å². The average molecular weight is 613 g/mol. The van der Waals surface area contributed by atoms with Gasteiger partial charge in [-0.1, -0.05) is 44.2 Å². The van der Waals surface area contributed by atoms with E-state index >= 15 is 0 Å². The zero-order valence-corrected chi connectivity index (χ0v) is 27.0. The van der Waals surface area contributed by atoms with Crippen LogP contribution in [0.5, 0.6) is 5.75 Å². The monoisotopic (exact) mass is 612 g/mol. The number of carbonyl (C=O) groups excluding carboxylic acids is 1. The first-order valence-corrected chi connectivity index (χ1v) is 17.1. The van der Waals surface area contributed by atoms with Gasteiger partial charge in [0, 0.05) is 54.5 Å². The lowest BCUT2D eigenvalue weighted by molar-refractivity contribution is -0.176. The number of furan rings is 1. The van der Waals surface area contributed by atoms with E-state index in [4.69, 9.17) is 9.15 Å². The number of para-hydroxylation sites is 2. The van der Waals surface area contributed by atoms with Crippen LogP contribution in [0.4, 0.5) is 5.69 Å². The quantitative estimate of drug-likeness (QED) is 0.311. The fraction of sp³-hybridized carbons (Fsp3) is 0.605. The van der Waals surface area contributed by atoms with Gasteiger partial charge >= 0.3 is 0 Å². The summed E-state index contributed by atoms with van der Waals surface area (Å²) in [4.78, 5) is 19.2. The first-order chi connectivity index (χ1) is 21.6. The van der Waals surface area contributed by atoms with E-state index in [0.717, 1.165) is 81.7 Å². The Morgan fingerprint density at radius 2 is 1.69 bits per heavy atom. The van der Waals surface area contributed by atoms with E-state index in [-0.39, 0.29) is 40.0 Å². The normalized spacial score (nSPS) is 42.1. The molecule has 0 amide bonds. The molecule has 7 heteroatoms. The van der Waals surface area contributed by atoms with Gasteiger partial charge in [0.2, 0.25) is 5.78 Å². The van der Waals surface area contributed by atoms with Crippen molar-refractivity contribution in [3.05, 3.63) is 72.2 Å². The number of fused-ring (bicyclic) bond motifs is 1. The minimum absolute atomic E-state index is 0.0250. The number of ketones is 1. The van der Waals surface area contributed by atoms with Crippen LogP contribution in [-0.2, 0) is 0 Å². The third kappa shape index (κ3) is 3.90. The topological polar surface area (TPSA) is 86.4 Å². The fourth-order valence-electron chi connectivity index (χ4n) is 11.5. The first-order valence-electron chi connectivity index (χ1n) is 17.1. The first kappa shape index (κ1) is 29.5. The van der Waals surface area contributed by atoms with Gasteiger partial charge < -0.3 is 24.3 Å². The lowest BCUT2D eigenvalue weighted by Crippen LogP contribution is -2.67. The number of Topliss-reactive ketones (excluding diaryl/α,β-unsaturated/α-hetero) is 1. The van der Waals surface area contributed by atoms with Crippen molar-refractivity contribution in [2.45, 2.75) is 70.5 Å². The number of rotatable bonds is 6. The van der Waals surface area contributed by atoms with Crippen molar-refractivity contribution in [1.82, 2.24) is 4.90 Å². The second-order valence-electron chi connectivity index (χ2n) is 15.6. The maximum Gasteiger partial charge on any atom is 0.224 e. The number of hydrogen-bond acceptors (Lipinski definition) is 7. The summed E-state index contributed by atoms with van der Waals surface area (Å²) in [5, 5.41) is 23.6. The number of aliphatic hydroxyl groups is 2. The van der Waals surface area contributed by atoms with E-state index in [9.17, 15) is 15.0 Å². The number of nitrogens with zero attached hydrogens (tertiary/aromatic N) is 2. The van der Waals surface area contributed by atoms with Gasteiger partial charge in [-0.15, -0.1) is 0 Å². The van der Waals surface area contributed by atoms with Gasteiger partial charge in [-0.3, -0.25) is 9.69 Å². The molecule has 3 saturated carbocycles. The highest BCUT2D eigenvalue weighted by molar-refractivity contribution is 6.08. The molecule has 6 aliphatic carbocycles. The fourth-order valence-corrected chi connectivity index (χ4v) is 11.5. The zero-order chi connectivity index (χ0) is 31.2. The largest absolute Gasteiger partial charge is 0.495 e. The van der Waals surface area contributed by atoms with Gasteiger partial charge in [0.25, 0.3) is 0 Å². The van der Waals surface area contributed by atoms with Crippen molar-refractivity contribution in [3.63, 3.8) is 0 Å². The number of piperazine rings is 1. The van der Waals surface area contributed by atoms with E-state index < -0.39 is 11.0 Å². The van der Waals surface area contributed by atoms with Crippen molar-refractivity contribution in [2.75, 3.05) is 44.7 Å². The van der Waals surface area contributed by atoms with Gasteiger partial charge in [-0.05, 0) is 86.5 Å². The second-order valence-corrected chi connectivity index (χ2v) is 15.6. The Morgan fingerprint density at radius 3 is 2.44 bits per heavy atom. The van der Waals surface area contributed by atoms with Crippen LogP contribution >= 0.6 is 0 Å². The summed E-state index contributed by atoms with van der Waals surface area (Å²) in [5.74, 6) is 1.69. The average Bonchev–Trinajstić information content (AvgIpc) is 3.68. The Morgan fingerprint density at radius 1 is 0.956 bits per heavy atom. The molecule has 7 nitrogen and oxygen atoms in total. The Balaban J connectivity index is 1.11. The molecule has 7 aliphatic rings. The smallest absolute Gasteiger partial charge is 0.224 e. The van der Waals surface area contributed by atoms with Crippen LogP contribution in [0.1, 0.15) is 69.3 Å². The molecule has 8 atom stereocenters. The molecule has 1 aromatic heterocycles. The van der Waals surface area contributed by atoms with Crippen molar-refractivity contribution in [3.8, 4) is 5.75 Å². The predicted molar refractivity (Wildman–Crippen MR) is 173 cm³/mol. The number of hydrogen-bond donors (Lipinski definition) is 2. The maximum absolute atomic E-state index is 14.4. The van der Waals surface area contributed by atoms with Crippen molar-refractivity contribution in [1.29, 1.82) is 0 Å². The molecule has 240 valence electrons. The number of aliphatic hydroxyl groups excluding tert-OH is 1. The zero-order valence-electron chi connectivity index (χ0n) is 27.0. The minimum Gasteiger partial charge on any atom is -0.495 e. The summed E-state index contributed by atoms with van der Waals surface area (Å²) in [6.45, 7) is 8.97. The summed E-state index contributed by atoms with van der Waals surface area (Å²) in [5.41, 5.74) is -0.0245. The van der Waals surface area contributed by atoms with Crippen LogP contribution in [0, 0.1) is 33.5 Å². The molecular weight excluding hydrogens is 564 g/mol. The molecule has 1 aromatic carbocycles. The van der Waals surface area contributed by atoms with E-state index in [1.165, 1.54) is 0 Å². The molecule has 2 aromatic rings. The third-order valence-electron chi connectivity index (χ3n) is 14.0. The highest BCUT2D eigenvalue weighted by atomic mass is 16.5. The Kier molecular flexibility index (Phi) is 6.60. The molecule has 4 fully saturated rings. The lowest BCUT2D eigenvalue weighted by Gasteiger charge is -2.71. The number of ether oxygens (including phenoxy) is 1. The van der Waals surface area contributed by atoms with E-state index in [1.807, 2.05) is 12.1 Å². The predicted octanol–water partition coefficient (Wildman–Crippen LogP) is 5.88. The molecule has 1 unspecified atom stereocenters. The van der Waals surface area contributed by atoms with Crippen LogP contribution in [0.2, 0.25) is 0 Å². The van der Waals surface area contributed by atoms with Crippen LogP contribution in [-0.4, -0.2) is 72.4 Å². The van der Waals surface area contributed by atoms with E-state index in [1.54, 1.807) is 25.5 Å². The SMILES string of the molecule is COc1ccccc1N1CCN(C[C@]2(O)CC[C@H]3[C@]45C=C[C@@]6(C=C4C(=O)c4ccco4)CC(O)CC[C@]6(C)[C@H]5CC[C@@]32C)CC1. The standard InChI is InChI=1S/C38H48N2O5/c1-34-13-10-26(41)23-36(34)16-17-38(27(24-36)33(42)30-9-6-22-45-30)31(34)11-14-35(2)32(38)12-15-37(35,43)25-39-18-20-40(21-19-39)28-7-4-5-8-29(28)44-3/h4-9,16-17,22,24,26,31-32,41,43H,10-15,18-21,23,25H2,1-3H3/t26?,31-,32-,34-,35+,36+,37-,38-/m1/s1. The molecular formula is C38H48N2O5. The molecule has 2 spiro atoms. The Labute approximate surface area is 266 Å². The molecule has 2 bridgehead atoms. The Bertz CT molecular complexity index is 1540. The summed E-state index contributed by atoms with van der Waals surface area (Å²) in [6, 6.07) is 11.8. The Hall–Kier alpha value is -2.87. The van der Waals surface area contributed by atoms with Crippen LogP contribution in [0.3, 0.4) is 0 Å². The third-order valence-corrected chi connectivity index (χ3v) is 14.0. The van der Waals surface area contributed by atoms with Gasteiger partial charge in [0.1, 0.15) is 5.75 Å². The number of anilines is 1. The summed E-state index contributed by atoms with van der Waals surface area (Å²) in [7, 11) is 1.73. The number of methoxy groups -OCH3 is 1. The molecule has 0 radical (unpaired) electrons. The number of β-amino-alcohol motifs (C(OH)–C–C–N with tert-alkyl or cyclic N) is 1. The van der Waals surface area contributed by atoms with Crippen molar-refractivity contribution >= 4 is 11.5 Å². The molecule has 1 saturated heterocycles. The molecule has 45 heavy (non-hydrogen) atoms. The van der Waals surface area contributed by atoms with Gasteiger partial charge in [0.15, 0.2) is 5.76 Å². The molecule has 1 aliphatic heterocycles. The molecule has 2 heterocycles. The minimum atomic E-state index is -0.841. The van der Waals surface area contributed by atoms with Crippen LogP contribution in [0.15, 0.2) is 70.9 Å². The number of carbonyl (C=O) groups is 1. The second kappa shape index (κ2) is 10.1. The summed E-state index contributed by atoms with van der Waals surface area (Å²) in [6.07, 6.45) is 14.2. The highest BCUT2D eigenvalue weighted by Crippen LogP contribution is 2.78. The number of allylic oxidation sites excluding steroid dienone is 4. The van der Waals surface area contributed by atoms with E-state index in [2.05, 4.69) is 54.0 Å². The van der Waals surface area contributed by atoms with Crippen molar-refractivity contribution in [2.24, 2.45) is 33.5 Å². The van der Waals surface area contributed by atoms with Gasteiger partial charge in [-0.2, -0.15) is 0 Å².